The summed E-state index contributed by atoms with van der Waals surface area (Å²) in [4.78, 5) is 21.0. The van der Waals surface area contributed by atoms with Gasteiger partial charge in [0.05, 0.1) is 28.5 Å². The molecule has 0 saturated carbocycles. The predicted octanol–water partition coefficient (Wildman–Crippen LogP) is 6.11. The van der Waals surface area contributed by atoms with Crippen LogP contribution in [-0.4, -0.2) is 25.5 Å². The second kappa shape index (κ2) is 8.71. The van der Waals surface area contributed by atoms with Gasteiger partial charge in [-0.2, -0.15) is 0 Å². The number of carbonyl (C=O) groups is 1. The number of aromatic nitrogens is 4. The lowest BCUT2D eigenvalue weighted by atomic mass is 10.0. The molecular weight excluding hydrogens is 424 g/mol. The minimum Gasteiger partial charge on any atom is -0.361 e. The summed E-state index contributed by atoms with van der Waals surface area (Å²) in [7, 11) is 0. The van der Waals surface area contributed by atoms with Crippen molar-refractivity contribution in [1.29, 1.82) is 0 Å². The van der Waals surface area contributed by atoms with Gasteiger partial charge in [-0.05, 0) is 57.0 Å². The van der Waals surface area contributed by atoms with Gasteiger partial charge >= 0.3 is 0 Å². The maximum atomic E-state index is 11.5. The summed E-state index contributed by atoms with van der Waals surface area (Å²) in [5.41, 5.74) is 8.80. The van der Waals surface area contributed by atoms with Crippen LogP contribution < -0.4 is 0 Å². The van der Waals surface area contributed by atoms with Gasteiger partial charge in [-0.1, -0.05) is 35.5 Å². The normalized spacial score (nSPS) is 12.2. The Balaban J connectivity index is 1.68. The zero-order valence-corrected chi connectivity index (χ0v) is 19.7. The number of ketones is 1. The summed E-state index contributed by atoms with van der Waals surface area (Å²) in [6, 6.07) is 16.3. The van der Waals surface area contributed by atoms with E-state index in [1.165, 1.54) is 0 Å². The molecule has 0 fully saturated rings. The highest BCUT2D eigenvalue weighted by atomic mass is 16.5. The van der Waals surface area contributed by atoms with E-state index in [2.05, 4.69) is 46.0 Å². The van der Waals surface area contributed by atoms with Crippen LogP contribution in [0.15, 0.2) is 71.6 Å². The van der Waals surface area contributed by atoms with Gasteiger partial charge in [0.1, 0.15) is 11.5 Å². The van der Waals surface area contributed by atoms with Crippen molar-refractivity contribution < 1.29 is 9.32 Å². The van der Waals surface area contributed by atoms with Gasteiger partial charge in [0.2, 0.25) is 0 Å². The van der Waals surface area contributed by atoms with Gasteiger partial charge in [-0.25, -0.2) is 0 Å². The minimum atomic E-state index is 0.0103. The van der Waals surface area contributed by atoms with Gasteiger partial charge in [0.15, 0.2) is 0 Å². The fourth-order valence-electron chi connectivity index (χ4n) is 4.55. The van der Waals surface area contributed by atoms with E-state index in [0.717, 1.165) is 56.0 Å². The molecule has 0 saturated heterocycles. The zero-order chi connectivity index (χ0) is 23.8. The molecular formula is C28H26N4O2. The highest BCUT2D eigenvalue weighted by Gasteiger charge is 2.20. The van der Waals surface area contributed by atoms with E-state index in [0.29, 0.717) is 6.42 Å². The van der Waals surface area contributed by atoms with Crippen molar-refractivity contribution in [2.45, 2.75) is 40.2 Å². The minimum absolute atomic E-state index is 0.0103. The van der Waals surface area contributed by atoms with Crippen LogP contribution in [0.3, 0.4) is 0 Å². The largest absolute Gasteiger partial charge is 0.361 e. The van der Waals surface area contributed by atoms with Crippen molar-refractivity contribution >= 4 is 16.8 Å². The molecule has 1 atom stereocenters. The number of aryl methyl sites for hydroxylation is 2. The molecule has 0 bridgehead atoms. The summed E-state index contributed by atoms with van der Waals surface area (Å²) in [6.07, 6.45) is 6.30. The molecule has 0 radical (unpaired) electrons. The zero-order valence-electron chi connectivity index (χ0n) is 19.7. The number of benzene rings is 1. The Bertz CT molecular complexity index is 1460. The van der Waals surface area contributed by atoms with Crippen LogP contribution in [0.1, 0.15) is 42.6 Å². The number of Topliss-reactive ketones (excluding diaryl/α,β-unsaturated/α-hetero) is 1. The molecule has 0 aliphatic heterocycles. The van der Waals surface area contributed by atoms with Crippen molar-refractivity contribution in [2.75, 3.05) is 0 Å². The Kier molecular flexibility index (Phi) is 5.57. The Labute approximate surface area is 198 Å². The standard InChI is InChI=1S/C28H26N4O2/c1-17(33)13-21-8-10-22(11-9-21)24-16-32(19(3)25-7-5-6-12-29-25)26-14-23(15-30-28(24)26)27-18(2)31-34-20(27)4/h5-12,14-16,19H,13H2,1-4H3/t19-/m0/s1. The van der Waals surface area contributed by atoms with E-state index >= 15 is 0 Å². The lowest BCUT2D eigenvalue weighted by molar-refractivity contribution is -0.116. The molecule has 6 heteroatoms. The monoisotopic (exact) mass is 450 g/mol. The molecule has 4 heterocycles. The van der Waals surface area contributed by atoms with E-state index < -0.39 is 0 Å². The molecule has 4 aromatic heterocycles. The van der Waals surface area contributed by atoms with E-state index in [4.69, 9.17) is 9.51 Å². The SMILES string of the molecule is CC(=O)Cc1ccc(-c2cn([C@@H](C)c3ccccn3)c3cc(-c4c(C)noc4C)cnc23)cc1. The summed E-state index contributed by atoms with van der Waals surface area (Å²) < 4.78 is 7.63. The number of rotatable bonds is 6. The second-order valence-electron chi connectivity index (χ2n) is 8.75. The molecule has 0 unspecified atom stereocenters. The summed E-state index contributed by atoms with van der Waals surface area (Å²) >= 11 is 0. The van der Waals surface area contributed by atoms with E-state index in [1.54, 1.807) is 6.92 Å². The van der Waals surface area contributed by atoms with E-state index in [-0.39, 0.29) is 11.8 Å². The molecule has 34 heavy (non-hydrogen) atoms. The Morgan fingerprint density at radius 2 is 1.85 bits per heavy atom. The first-order chi connectivity index (χ1) is 16.4. The third-order valence-electron chi connectivity index (χ3n) is 6.24. The van der Waals surface area contributed by atoms with E-state index in [9.17, 15) is 4.79 Å². The number of pyridine rings is 2. The first kappa shape index (κ1) is 21.8. The van der Waals surface area contributed by atoms with E-state index in [1.807, 2.05) is 56.6 Å². The Morgan fingerprint density at radius 3 is 2.50 bits per heavy atom. The number of hydrogen-bond donors (Lipinski definition) is 0. The molecule has 0 amide bonds. The first-order valence-corrected chi connectivity index (χ1v) is 11.4. The Hall–Kier alpha value is -4.06. The predicted molar refractivity (Wildman–Crippen MR) is 133 cm³/mol. The fourth-order valence-corrected chi connectivity index (χ4v) is 4.55. The quantitative estimate of drug-likeness (QED) is 0.312. The topological polar surface area (TPSA) is 73.8 Å². The average Bonchev–Trinajstić information content (AvgIpc) is 3.38. The van der Waals surface area contributed by atoms with Gasteiger partial charge in [-0.15, -0.1) is 0 Å². The van der Waals surface area contributed by atoms with Crippen LogP contribution in [-0.2, 0) is 11.2 Å². The highest BCUT2D eigenvalue weighted by Crippen LogP contribution is 2.36. The smallest absolute Gasteiger partial charge is 0.141 e. The lowest BCUT2D eigenvalue weighted by Crippen LogP contribution is -2.07. The van der Waals surface area contributed by atoms with Crippen LogP contribution in [0.4, 0.5) is 0 Å². The van der Waals surface area contributed by atoms with Crippen molar-refractivity contribution in [3.8, 4) is 22.3 Å². The van der Waals surface area contributed by atoms with Crippen LogP contribution in [0, 0.1) is 13.8 Å². The Morgan fingerprint density at radius 1 is 1.06 bits per heavy atom. The number of hydrogen-bond acceptors (Lipinski definition) is 5. The van der Waals surface area contributed by atoms with Gasteiger partial charge in [-0.3, -0.25) is 14.8 Å². The summed E-state index contributed by atoms with van der Waals surface area (Å²) in [5, 5.41) is 4.12. The third-order valence-corrected chi connectivity index (χ3v) is 6.24. The van der Waals surface area contributed by atoms with Crippen molar-refractivity contribution in [2.24, 2.45) is 0 Å². The molecule has 0 spiro atoms. The van der Waals surface area contributed by atoms with Gasteiger partial charge in [0.25, 0.3) is 0 Å². The molecule has 6 nitrogen and oxygen atoms in total. The molecule has 5 aromatic rings. The lowest BCUT2D eigenvalue weighted by Gasteiger charge is -2.15. The number of carbonyl (C=O) groups excluding carboxylic acids is 1. The van der Waals surface area contributed by atoms with Crippen LogP contribution >= 0.6 is 0 Å². The number of fused-ring (bicyclic) bond motifs is 1. The molecule has 5 rings (SSSR count). The van der Waals surface area contributed by atoms with Crippen molar-refractivity contribution in [3.05, 3.63) is 89.8 Å². The summed E-state index contributed by atoms with van der Waals surface area (Å²) in [5.74, 6) is 0.929. The highest BCUT2D eigenvalue weighted by molar-refractivity contribution is 5.95. The third kappa shape index (κ3) is 3.92. The van der Waals surface area contributed by atoms with Crippen LogP contribution in [0.5, 0.6) is 0 Å². The maximum absolute atomic E-state index is 11.5. The molecule has 1 aromatic carbocycles. The molecule has 0 N–H and O–H groups in total. The van der Waals surface area contributed by atoms with Crippen molar-refractivity contribution in [1.82, 2.24) is 19.7 Å². The van der Waals surface area contributed by atoms with Gasteiger partial charge in [0, 0.05) is 41.7 Å². The fraction of sp³-hybridized carbons (Fsp3) is 0.214. The number of nitrogens with zero attached hydrogens (tertiary/aromatic N) is 4. The second-order valence-corrected chi connectivity index (χ2v) is 8.75. The molecule has 0 aliphatic carbocycles. The van der Waals surface area contributed by atoms with Gasteiger partial charge < -0.3 is 9.09 Å². The van der Waals surface area contributed by atoms with Crippen LogP contribution in [0.25, 0.3) is 33.3 Å². The van der Waals surface area contributed by atoms with Crippen LogP contribution in [0.2, 0.25) is 0 Å². The summed E-state index contributed by atoms with van der Waals surface area (Å²) in [6.45, 7) is 7.62. The maximum Gasteiger partial charge on any atom is 0.141 e. The van der Waals surface area contributed by atoms with Crippen molar-refractivity contribution in [3.63, 3.8) is 0 Å². The molecule has 0 aliphatic rings. The first-order valence-electron chi connectivity index (χ1n) is 11.4. The average molecular weight is 451 g/mol. The molecule has 170 valence electrons.